The van der Waals surface area contributed by atoms with Gasteiger partial charge in [0.25, 0.3) is 0 Å². The average molecular weight is 428 g/mol. The highest BCUT2D eigenvalue weighted by Crippen LogP contribution is 2.29. The Bertz CT molecular complexity index is 989. The lowest BCUT2D eigenvalue weighted by Gasteiger charge is -2.11. The molecule has 2 N–H and O–H groups in total. The number of hydrogen-bond acceptors (Lipinski definition) is 5. The number of ether oxygens (including phenoxy) is 1. The predicted molar refractivity (Wildman–Crippen MR) is 97.2 cm³/mol. The summed E-state index contributed by atoms with van der Waals surface area (Å²) in [5, 5.41) is 5.71. The number of anilines is 3. The third-order valence-corrected chi connectivity index (χ3v) is 3.73. The molecule has 0 unspecified atom stereocenters. The maximum absolute atomic E-state index is 12.8. The van der Waals surface area contributed by atoms with Crippen molar-refractivity contribution >= 4 is 17.5 Å². The molecule has 1 heterocycles. The van der Waals surface area contributed by atoms with E-state index in [4.69, 9.17) is 0 Å². The smallest absolute Gasteiger partial charge is 0.406 e. The summed E-state index contributed by atoms with van der Waals surface area (Å²) >= 11 is 0. The van der Waals surface area contributed by atoms with Crippen LogP contribution in [-0.4, -0.2) is 16.3 Å². The fourth-order valence-corrected chi connectivity index (χ4v) is 2.44. The van der Waals surface area contributed by atoms with Gasteiger partial charge in [-0.25, -0.2) is 4.98 Å². The van der Waals surface area contributed by atoms with Gasteiger partial charge in [0.05, 0.1) is 5.56 Å². The molecule has 30 heavy (non-hydrogen) atoms. The Balaban J connectivity index is 1.62. The molecule has 3 rings (SSSR count). The maximum Gasteiger partial charge on any atom is 0.573 e. The molecule has 5 nitrogen and oxygen atoms in total. The van der Waals surface area contributed by atoms with E-state index in [1.807, 2.05) is 0 Å². The summed E-state index contributed by atoms with van der Waals surface area (Å²) in [4.78, 5) is 8.17. The Labute approximate surface area is 166 Å². The van der Waals surface area contributed by atoms with Crippen LogP contribution in [0.15, 0.2) is 60.8 Å². The van der Waals surface area contributed by atoms with Crippen LogP contribution in [0.5, 0.6) is 5.75 Å². The molecular formula is C19H14F6N4O. The fourth-order valence-electron chi connectivity index (χ4n) is 2.44. The van der Waals surface area contributed by atoms with E-state index in [1.165, 1.54) is 30.5 Å². The van der Waals surface area contributed by atoms with Gasteiger partial charge in [0.1, 0.15) is 11.6 Å². The molecule has 11 heteroatoms. The van der Waals surface area contributed by atoms with Crippen molar-refractivity contribution in [1.82, 2.24) is 9.97 Å². The maximum atomic E-state index is 12.8. The Morgan fingerprint density at radius 1 is 0.900 bits per heavy atom. The molecule has 2 aromatic carbocycles. The molecular weight excluding hydrogens is 414 g/mol. The van der Waals surface area contributed by atoms with Gasteiger partial charge in [-0.2, -0.15) is 18.2 Å². The van der Waals surface area contributed by atoms with Crippen molar-refractivity contribution in [3.63, 3.8) is 0 Å². The molecule has 0 fully saturated rings. The first-order chi connectivity index (χ1) is 14.1. The number of alkyl halides is 6. The lowest BCUT2D eigenvalue weighted by Crippen LogP contribution is -2.17. The molecule has 0 aliphatic heterocycles. The van der Waals surface area contributed by atoms with Crippen LogP contribution in [0.3, 0.4) is 0 Å². The molecule has 3 aromatic rings. The predicted octanol–water partition coefficient (Wildman–Crippen LogP) is 5.75. The number of hydrogen-bond donors (Lipinski definition) is 2. The van der Waals surface area contributed by atoms with E-state index in [2.05, 4.69) is 25.3 Å². The third-order valence-electron chi connectivity index (χ3n) is 3.73. The number of nitrogens with one attached hydrogen (secondary N) is 2. The normalized spacial score (nSPS) is 11.8. The van der Waals surface area contributed by atoms with E-state index in [1.54, 1.807) is 6.07 Å². The van der Waals surface area contributed by atoms with Crippen LogP contribution < -0.4 is 15.4 Å². The summed E-state index contributed by atoms with van der Waals surface area (Å²) in [7, 11) is 0. The second kappa shape index (κ2) is 8.47. The van der Waals surface area contributed by atoms with Gasteiger partial charge in [0, 0.05) is 18.4 Å². The number of nitrogens with zero attached hydrogens (tertiary/aromatic N) is 2. The zero-order valence-corrected chi connectivity index (χ0v) is 15.1. The SMILES string of the molecule is FC(F)(F)Oc1ccc(Nc2nccc(NCc3cccc(C(F)(F)F)c3)n2)cc1. The number of aromatic nitrogens is 2. The van der Waals surface area contributed by atoms with Crippen LogP contribution in [0.4, 0.5) is 43.8 Å². The summed E-state index contributed by atoms with van der Waals surface area (Å²) in [5.74, 6) is 0.126. The van der Waals surface area contributed by atoms with Gasteiger partial charge in [-0.3, -0.25) is 0 Å². The fraction of sp³-hybridized carbons (Fsp3) is 0.158. The highest BCUT2D eigenvalue weighted by atomic mass is 19.4. The minimum absolute atomic E-state index is 0.101. The molecule has 0 aliphatic rings. The first kappa shape index (κ1) is 21.2. The highest BCUT2D eigenvalue weighted by molar-refractivity contribution is 5.55. The van der Waals surface area contributed by atoms with E-state index in [0.29, 0.717) is 17.1 Å². The minimum Gasteiger partial charge on any atom is -0.406 e. The molecule has 0 saturated heterocycles. The molecule has 0 radical (unpaired) electrons. The quantitative estimate of drug-likeness (QED) is 0.490. The van der Waals surface area contributed by atoms with Gasteiger partial charge in [0.15, 0.2) is 0 Å². The van der Waals surface area contributed by atoms with E-state index in [0.717, 1.165) is 24.3 Å². The van der Waals surface area contributed by atoms with Crippen LogP contribution >= 0.6 is 0 Å². The first-order valence-corrected chi connectivity index (χ1v) is 8.44. The van der Waals surface area contributed by atoms with Crippen molar-refractivity contribution in [2.24, 2.45) is 0 Å². The molecule has 0 bridgehead atoms. The van der Waals surface area contributed by atoms with Crippen LogP contribution in [0, 0.1) is 0 Å². The van der Waals surface area contributed by atoms with Crippen LogP contribution in [-0.2, 0) is 12.7 Å². The summed E-state index contributed by atoms with van der Waals surface area (Å²) in [6.07, 6.45) is -7.79. The summed E-state index contributed by atoms with van der Waals surface area (Å²) in [5.41, 5.74) is 0.0857. The molecule has 0 atom stereocenters. The zero-order valence-electron chi connectivity index (χ0n) is 15.1. The molecule has 0 saturated carbocycles. The number of benzene rings is 2. The van der Waals surface area contributed by atoms with Crippen molar-refractivity contribution in [3.8, 4) is 5.75 Å². The van der Waals surface area contributed by atoms with Crippen molar-refractivity contribution in [3.05, 3.63) is 71.9 Å². The van der Waals surface area contributed by atoms with E-state index in [-0.39, 0.29) is 18.2 Å². The van der Waals surface area contributed by atoms with E-state index >= 15 is 0 Å². The molecule has 0 aliphatic carbocycles. The van der Waals surface area contributed by atoms with E-state index in [9.17, 15) is 26.3 Å². The Kier molecular flexibility index (Phi) is 5.99. The zero-order chi connectivity index (χ0) is 21.8. The van der Waals surface area contributed by atoms with Gasteiger partial charge in [-0.1, -0.05) is 12.1 Å². The summed E-state index contributed by atoms with van der Waals surface area (Å²) < 4.78 is 78.7. The summed E-state index contributed by atoms with van der Waals surface area (Å²) in [6, 6.07) is 11.4. The van der Waals surface area contributed by atoms with Gasteiger partial charge in [0.2, 0.25) is 5.95 Å². The van der Waals surface area contributed by atoms with Gasteiger partial charge >= 0.3 is 12.5 Å². The largest absolute Gasteiger partial charge is 0.573 e. The lowest BCUT2D eigenvalue weighted by atomic mass is 10.1. The Hall–Kier alpha value is -3.50. The molecule has 158 valence electrons. The topological polar surface area (TPSA) is 59.1 Å². The first-order valence-electron chi connectivity index (χ1n) is 8.44. The summed E-state index contributed by atoms with van der Waals surface area (Å²) in [6.45, 7) is 0.101. The van der Waals surface area contributed by atoms with Gasteiger partial charge < -0.3 is 15.4 Å². The number of rotatable bonds is 6. The van der Waals surface area contributed by atoms with Crippen molar-refractivity contribution in [2.45, 2.75) is 19.1 Å². The van der Waals surface area contributed by atoms with E-state index < -0.39 is 18.1 Å². The second-order valence-electron chi connectivity index (χ2n) is 6.01. The Morgan fingerprint density at radius 3 is 2.30 bits per heavy atom. The monoisotopic (exact) mass is 428 g/mol. The third kappa shape index (κ3) is 6.26. The highest BCUT2D eigenvalue weighted by Gasteiger charge is 2.31. The second-order valence-corrected chi connectivity index (χ2v) is 6.01. The molecule has 0 spiro atoms. The van der Waals surface area contributed by atoms with Crippen LogP contribution in [0.1, 0.15) is 11.1 Å². The van der Waals surface area contributed by atoms with Crippen molar-refractivity contribution in [1.29, 1.82) is 0 Å². The average Bonchev–Trinajstić information content (AvgIpc) is 2.67. The lowest BCUT2D eigenvalue weighted by molar-refractivity contribution is -0.274. The number of halogens is 6. The molecule has 1 aromatic heterocycles. The van der Waals surface area contributed by atoms with Gasteiger partial charge in [-0.15, -0.1) is 13.2 Å². The van der Waals surface area contributed by atoms with Gasteiger partial charge in [-0.05, 0) is 48.0 Å². The minimum atomic E-state index is -4.78. The van der Waals surface area contributed by atoms with Crippen molar-refractivity contribution < 1.29 is 31.1 Å². The standard InChI is InChI=1S/C19H14F6N4O/c20-18(21,22)13-3-1-2-12(10-13)11-27-16-8-9-26-17(29-16)28-14-4-6-15(7-5-14)30-19(23,24)25/h1-10H,11H2,(H2,26,27,28,29). The molecule has 0 amide bonds. The van der Waals surface area contributed by atoms with Crippen LogP contribution in [0.2, 0.25) is 0 Å². The Morgan fingerprint density at radius 2 is 1.63 bits per heavy atom. The van der Waals surface area contributed by atoms with Crippen LogP contribution in [0.25, 0.3) is 0 Å². The van der Waals surface area contributed by atoms with Crippen molar-refractivity contribution in [2.75, 3.05) is 10.6 Å².